The number of rotatable bonds is 4. The minimum Gasteiger partial charge on any atom is -0.361 e. The normalized spacial score (nSPS) is 10.3. The molecule has 1 aromatic carbocycles. The maximum absolute atomic E-state index is 5.80. The van der Waals surface area contributed by atoms with Crippen molar-refractivity contribution in [2.75, 3.05) is 11.9 Å². The Hall–Kier alpha value is -1.59. The van der Waals surface area contributed by atoms with Crippen LogP contribution in [0.5, 0.6) is 0 Å². The lowest BCUT2D eigenvalue weighted by Gasteiger charge is -2.13. The Balaban J connectivity index is 1.80. The number of aromatic nitrogens is 2. The highest BCUT2D eigenvalue weighted by Crippen LogP contribution is 2.15. The van der Waals surface area contributed by atoms with E-state index in [4.69, 9.17) is 23.8 Å². The van der Waals surface area contributed by atoms with Gasteiger partial charge < -0.3 is 10.6 Å². The molecule has 2 rings (SSSR count). The third kappa shape index (κ3) is 4.21. The van der Waals surface area contributed by atoms with Crippen molar-refractivity contribution in [1.82, 2.24) is 15.1 Å². The van der Waals surface area contributed by atoms with Gasteiger partial charge in [0.05, 0.1) is 17.8 Å². The summed E-state index contributed by atoms with van der Waals surface area (Å²) in [5.74, 6) is 0. The minimum absolute atomic E-state index is 0.607. The monoisotopic (exact) mass is 308 g/mol. The van der Waals surface area contributed by atoms with E-state index in [1.54, 1.807) is 17.1 Å². The van der Waals surface area contributed by atoms with E-state index in [0.29, 0.717) is 23.2 Å². The third-order valence-corrected chi connectivity index (χ3v) is 3.30. The summed E-state index contributed by atoms with van der Waals surface area (Å²) in [5.41, 5.74) is 3.44. The standard InChI is InChI=1S/C14H17ClN4S/c1-10-3-4-13(11(2)7-10)18-14(20)16-5-6-19-9-12(15)8-17-19/h3-4,7-9H,5-6H2,1-2H3,(H2,16,18,20). The Labute approximate surface area is 129 Å². The quantitative estimate of drug-likeness (QED) is 0.852. The van der Waals surface area contributed by atoms with Gasteiger partial charge in [-0.15, -0.1) is 0 Å². The average Bonchev–Trinajstić information content (AvgIpc) is 2.79. The van der Waals surface area contributed by atoms with Crippen LogP contribution in [0, 0.1) is 13.8 Å². The maximum Gasteiger partial charge on any atom is 0.170 e. The van der Waals surface area contributed by atoms with E-state index in [2.05, 4.69) is 41.7 Å². The van der Waals surface area contributed by atoms with Crippen molar-refractivity contribution in [3.05, 3.63) is 46.7 Å². The first-order chi connectivity index (χ1) is 9.54. The molecule has 0 amide bonds. The van der Waals surface area contributed by atoms with Crippen LogP contribution in [-0.4, -0.2) is 21.4 Å². The lowest BCUT2D eigenvalue weighted by Crippen LogP contribution is -2.31. The zero-order valence-corrected chi connectivity index (χ0v) is 13.1. The fraction of sp³-hybridized carbons (Fsp3) is 0.286. The van der Waals surface area contributed by atoms with Gasteiger partial charge in [-0.05, 0) is 37.7 Å². The molecule has 0 aliphatic heterocycles. The number of hydrogen-bond acceptors (Lipinski definition) is 2. The molecule has 0 radical (unpaired) electrons. The highest BCUT2D eigenvalue weighted by Gasteiger charge is 2.01. The lowest BCUT2D eigenvalue weighted by molar-refractivity contribution is 0.604. The molecule has 0 spiro atoms. The molecule has 1 aromatic heterocycles. The Morgan fingerprint density at radius 2 is 2.20 bits per heavy atom. The van der Waals surface area contributed by atoms with Gasteiger partial charge in [-0.1, -0.05) is 29.3 Å². The number of hydrogen-bond donors (Lipinski definition) is 2. The van der Waals surface area contributed by atoms with Crippen molar-refractivity contribution in [3.8, 4) is 0 Å². The van der Waals surface area contributed by atoms with Gasteiger partial charge in [0, 0.05) is 18.4 Å². The Morgan fingerprint density at radius 1 is 1.40 bits per heavy atom. The molecule has 6 heteroatoms. The van der Waals surface area contributed by atoms with Gasteiger partial charge in [0.2, 0.25) is 0 Å². The highest BCUT2D eigenvalue weighted by molar-refractivity contribution is 7.80. The van der Waals surface area contributed by atoms with Crippen LogP contribution >= 0.6 is 23.8 Å². The second-order valence-corrected chi connectivity index (χ2v) is 5.47. The largest absolute Gasteiger partial charge is 0.361 e. The predicted octanol–water partition coefficient (Wildman–Crippen LogP) is 3.14. The van der Waals surface area contributed by atoms with Crippen molar-refractivity contribution in [2.24, 2.45) is 0 Å². The second-order valence-electron chi connectivity index (χ2n) is 4.62. The van der Waals surface area contributed by atoms with Crippen molar-refractivity contribution >= 4 is 34.6 Å². The Kier molecular flexibility index (Phi) is 4.98. The SMILES string of the molecule is Cc1ccc(NC(=S)NCCn2cc(Cl)cn2)c(C)c1. The molecule has 0 unspecified atom stereocenters. The number of nitrogens with zero attached hydrogens (tertiary/aromatic N) is 2. The molecular weight excluding hydrogens is 292 g/mol. The van der Waals surface area contributed by atoms with Gasteiger partial charge in [-0.2, -0.15) is 5.10 Å². The maximum atomic E-state index is 5.80. The van der Waals surface area contributed by atoms with E-state index in [1.165, 1.54) is 11.1 Å². The molecule has 2 aromatic rings. The second kappa shape index (κ2) is 6.72. The third-order valence-electron chi connectivity index (χ3n) is 2.86. The van der Waals surface area contributed by atoms with Crippen LogP contribution in [0.4, 0.5) is 5.69 Å². The zero-order chi connectivity index (χ0) is 14.5. The molecule has 0 bridgehead atoms. The summed E-state index contributed by atoms with van der Waals surface area (Å²) < 4.78 is 1.77. The van der Waals surface area contributed by atoms with E-state index in [9.17, 15) is 0 Å². The first-order valence-electron chi connectivity index (χ1n) is 6.34. The van der Waals surface area contributed by atoms with Gasteiger partial charge in [0.25, 0.3) is 0 Å². The van der Waals surface area contributed by atoms with Crippen molar-refractivity contribution in [3.63, 3.8) is 0 Å². The Bertz CT molecular complexity index is 609. The van der Waals surface area contributed by atoms with Crippen LogP contribution in [0.25, 0.3) is 0 Å². The zero-order valence-electron chi connectivity index (χ0n) is 11.5. The van der Waals surface area contributed by atoms with E-state index in [0.717, 1.165) is 5.69 Å². The average molecular weight is 309 g/mol. The molecule has 4 nitrogen and oxygen atoms in total. The molecule has 0 fully saturated rings. The molecule has 106 valence electrons. The summed E-state index contributed by atoms with van der Waals surface area (Å²) in [7, 11) is 0. The number of anilines is 1. The van der Waals surface area contributed by atoms with Gasteiger partial charge >= 0.3 is 0 Å². The van der Waals surface area contributed by atoms with Crippen LogP contribution in [-0.2, 0) is 6.54 Å². The molecule has 20 heavy (non-hydrogen) atoms. The van der Waals surface area contributed by atoms with E-state index >= 15 is 0 Å². The molecule has 0 saturated heterocycles. The van der Waals surface area contributed by atoms with Crippen LogP contribution < -0.4 is 10.6 Å². The Morgan fingerprint density at radius 3 is 2.85 bits per heavy atom. The number of aryl methyl sites for hydroxylation is 2. The first-order valence-corrected chi connectivity index (χ1v) is 7.13. The molecule has 0 atom stereocenters. The molecule has 0 aliphatic carbocycles. The van der Waals surface area contributed by atoms with E-state index in [-0.39, 0.29) is 0 Å². The highest BCUT2D eigenvalue weighted by atomic mass is 35.5. The van der Waals surface area contributed by atoms with Gasteiger partial charge in [-0.25, -0.2) is 0 Å². The van der Waals surface area contributed by atoms with Crippen molar-refractivity contribution in [2.45, 2.75) is 20.4 Å². The fourth-order valence-corrected chi connectivity index (χ4v) is 2.23. The van der Waals surface area contributed by atoms with Gasteiger partial charge in [-0.3, -0.25) is 4.68 Å². The van der Waals surface area contributed by atoms with E-state index < -0.39 is 0 Å². The van der Waals surface area contributed by atoms with Crippen molar-refractivity contribution < 1.29 is 0 Å². The van der Waals surface area contributed by atoms with Crippen LogP contribution in [0.15, 0.2) is 30.6 Å². The molecule has 2 N–H and O–H groups in total. The van der Waals surface area contributed by atoms with E-state index in [1.807, 2.05) is 6.07 Å². The van der Waals surface area contributed by atoms with Gasteiger partial charge in [0.15, 0.2) is 5.11 Å². The van der Waals surface area contributed by atoms with Crippen LogP contribution in [0.2, 0.25) is 5.02 Å². The molecule has 0 saturated carbocycles. The number of nitrogens with one attached hydrogen (secondary N) is 2. The molecule has 1 heterocycles. The van der Waals surface area contributed by atoms with Gasteiger partial charge in [0.1, 0.15) is 0 Å². The summed E-state index contributed by atoms with van der Waals surface area (Å²) in [4.78, 5) is 0. The summed E-state index contributed by atoms with van der Waals surface area (Å²) in [6.07, 6.45) is 3.40. The number of benzene rings is 1. The van der Waals surface area contributed by atoms with Crippen LogP contribution in [0.3, 0.4) is 0 Å². The number of halogens is 1. The summed E-state index contributed by atoms with van der Waals surface area (Å²) in [6.45, 7) is 5.53. The van der Waals surface area contributed by atoms with Crippen LogP contribution in [0.1, 0.15) is 11.1 Å². The predicted molar refractivity (Wildman–Crippen MR) is 87.4 cm³/mol. The summed E-state index contributed by atoms with van der Waals surface area (Å²) in [5, 5.41) is 11.7. The summed E-state index contributed by atoms with van der Waals surface area (Å²) in [6, 6.07) is 6.21. The minimum atomic E-state index is 0.607. The molecular formula is C14H17ClN4S. The molecule has 0 aliphatic rings. The first kappa shape index (κ1) is 14.8. The topological polar surface area (TPSA) is 41.9 Å². The summed E-state index contributed by atoms with van der Waals surface area (Å²) >= 11 is 11.1. The van der Waals surface area contributed by atoms with Crippen molar-refractivity contribution in [1.29, 1.82) is 0 Å². The lowest BCUT2D eigenvalue weighted by atomic mass is 10.1. The number of thiocarbonyl (C=S) groups is 1. The fourth-order valence-electron chi connectivity index (χ4n) is 1.86. The smallest absolute Gasteiger partial charge is 0.170 e.